The van der Waals surface area contributed by atoms with Crippen LogP contribution in [0.1, 0.15) is 58.7 Å². The normalized spacial score (nSPS) is 37.5. The zero-order chi connectivity index (χ0) is 13.7. The molecule has 1 aromatic rings. The Morgan fingerprint density at radius 3 is 2.68 bits per heavy atom. The zero-order valence-corrected chi connectivity index (χ0v) is 12.6. The number of hydrogen-bond acceptors (Lipinski definition) is 2. The Labute approximate surface area is 117 Å². The lowest BCUT2D eigenvalue weighted by Gasteiger charge is -2.44. The molecule has 2 fully saturated rings. The summed E-state index contributed by atoms with van der Waals surface area (Å²) in [6.07, 6.45) is 6.08. The van der Waals surface area contributed by atoms with E-state index >= 15 is 0 Å². The third kappa shape index (κ3) is 2.01. The van der Waals surface area contributed by atoms with Gasteiger partial charge >= 0.3 is 0 Å². The second-order valence-electron chi connectivity index (χ2n) is 7.49. The fourth-order valence-corrected chi connectivity index (χ4v) is 4.69. The smallest absolute Gasteiger partial charge is 0.0570 e. The van der Waals surface area contributed by atoms with Crippen molar-refractivity contribution in [2.45, 2.75) is 59.0 Å². The van der Waals surface area contributed by atoms with E-state index in [1.807, 2.05) is 12.3 Å². The molecule has 2 saturated carbocycles. The number of hydrogen-bond donors (Lipinski definition) is 1. The molecule has 2 heteroatoms. The van der Waals surface area contributed by atoms with Crippen molar-refractivity contribution in [2.75, 3.05) is 0 Å². The number of fused-ring (bicyclic) bond motifs is 2. The Bertz CT molecular complexity index is 449. The molecule has 2 nitrogen and oxygen atoms in total. The molecule has 0 spiro atoms. The molecule has 2 aliphatic rings. The summed E-state index contributed by atoms with van der Waals surface area (Å²) < 4.78 is 0. The van der Waals surface area contributed by atoms with Gasteiger partial charge in [-0.2, -0.15) is 0 Å². The molecule has 1 aromatic heterocycles. The molecule has 4 atom stereocenters. The summed E-state index contributed by atoms with van der Waals surface area (Å²) >= 11 is 0. The van der Waals surface area contributed by atoms with Crippen LogP contribution in [0.3, 0.4) is 0 Å². The molecule has 4 unspecified atom stereocenters. The van der Waals surface area contributed by atoms with Crippen molar-refractivity contribution in [1.29, 1.82) is 0 Å². The molecule has 1 N–H and O–H groups in total. The van der Waals surface area contributed by atoms with Gasteiger partial charge in [-0.3, -0.25) is 4.98 Å². The van der Waals surface area contributed by atoms with Crippen molar-refractivity contribution in [1.82, 2.24) is 10.3 Å². The average molecular weight is 258 g/mol. The standard InChI is InChI=1S/C17H26N2/c1-12(14-7-5-6-10-18-14)19-15-16(2,3)13-8-9-17(15,4)11-13/h5-7,10,12-13,15,19H,8-9,11H2,1-4H3. The molecule has 104 valence electrons. The largest absolute Gasteiger partial charge is 0.305 e. The van der Waals surface area contributed by atoms with Crippen LogP contribution in [0.15, 0.2) is 24.4 Å². The summed E-state index contributed by atoms with van der Waals surface area (Å²) in [4.78, 5) is 4.49. The lowest BCUT2D eigenvalue weighted by Crippen LogP contribution is -2.51. The maximum atomic E-state index is 4.49. The minimum Gasteiger partial charge on any atom is -0.305 e. The van der Waals surface area contributed by atoms with Crippen LogP contribution in [0.2, 0.25) is 0 Å². The van der Waals surface area contributed by atoms with Crippen LogP contribution in [-0.2, 0) is 0 Å². The highest BCUT2D eigenvalue weighted by molar-refractivity contribution is 5.15. The Morgan fingerprint density at radius 2 is 2.11 bits per heavy atom. The van der Waals surface area contributed by atoms with Gasteiger partial charge in [0.15, 0.2) is 0 Å². The van der Waals surface area contributed by atoms with Gasteiger partial charge in [0.2, 0.25) is 0 Å². The highest BCUT2D eigenvalue weighted by Crippen LogP contribution is 2.62. The van der Waals surface area contributed by atoms with Crippen LogP contribution < -0.4 is 5.32 Å². The monoisotopic (exact) mass is 258 g/mol. The first-order valence-corrected chi connectivity index (χ1v) is 7.60. The Kier molecular flexibility index (Phi) is 2.97. The van der Waals surface area contributed by atoms with E-state index in [2.05, 4.69) is 50.1 Å². The minimum absolute atomic E-state index is 0.335. The Hall–Kier alpha value is -0.890. The van der Waals surface area contributed by atoms with Crippen LogP contribution >= 0.6 is 0 Å². The summed E-state index contributed by atoms with van der Waals surface area (Å²) in [5.41, 5.74) is 2.05. The van der Waals surface area contributed by atoms with E-state index in [-0.39, 0.29) is 0 Å². The maximum absolute atomic E-state index is 4.49. The quantitative estimate of drug-likeness (QED) is 0.888. The van der Waals surface area contributed by atoms with Gasteiger partial charge in [-0.25, -0.2) is 0 Å². The Morgan fingerprint density at radius 1 is 1.32 bits per heavy atom. The summed E-state index contributed by atoms with van der Waals surface area (Å²) in [7, 11) is 0. The predicted octanol–water partition coefficient (Wildman–Crippen LogP) is 3.95. The van der Waals surface area contributed by atoms with Gasteiger partial charge in [0.05, 0.1) is 5.69 Å². The molecular weight excluding hydrogens is 232 g/mol. The SMILES string of the molecule is CC(NC1C2(C)CCC(C2)C1(C)C)c1ccccn1. The van der Waals surface area contributed by atoms with Crippen molar-refractivity contribution < 1.29 is 0 Å². The Balaban J connectivity index is 1.80. The van der Waals surface area contributed by atoms with Gasteiger partial charge in [-0.05, 0) is 55.1 Å². The van der Waals surface area contributed by atoms with Gasteiger partial charge in [0.25, 0.3) is 0 Å². The third-order valence-corrected chi connectivity index (χ3v) is 5.82. The van der Waals surface area contributed by atoms with E-state index in [9.17, 15) is 0 Å². The summed E-state index contributed by atoms with van der Waals surface area (Å²) in [5.74, 6) is 0.894. The zero-order valence-electron chi connectivity index (χ0n) is 12.6. The average Bonchev–Trinajstić information content (AvgIpc) is 2.87. The summed E-state index contributed by atoms with van der Waals surface area (Å²) in [6, 6.07) is 7.13. The van der Waals surface area contributed by atoms with Crippen molar-refractivity contribution in [2.24, 2.45) is 16.7 Å². The molecule has 0 aliphatic heterocycles. The molecule has 0 radical (unpaired) electrons. The van der Waals surface area contributed by atoms with E-state index in [1.165, 1.54) is 19.3 Å². The molecular formula is C17H26N2. The number of rotatable bonds is 3. The van der Waals surface area contributed by atoms with Gasteiger partial charge in [-0.1, -0.05) is 26.8 Å². The van der Waals surface area contributed by atoms with Crippen LogP contribution in [0.25, 0.3) is 0 Å². The van der Waals surface area contributed by atoms with Crippen molar-refractivity contribution >= 4 is 0 Å². The molecule has 3 rings (SSSR count). The first-order chi connectivity index (χ1) is 8.93. The fraction of sp³-hybridized carbons (Fsp3) is 0.706. The third-order valence-electron chi connectivity index (χ3n) is 5.82. The van der Waals surface area contributed by atoms with Crippen LogP contribution in [-0.4, -0.2) is 11.0 Å². The van der Waals surface area contributed by atoms with Gasteiger partial charge in [0.1, 0.15) is 0 Å². The lowest BCUT2D eigenvalue weighted by atomic mass is 9.68. The van der Waals surface area contributed by atoms with Crippen molar-refractivity contribution in [3.05, 3.63) is 30.1 Å². The van der Waals surface area contributed by atoms with E-state index in [0.717, 1.165) is 11.6 Å². The van der Waals surface area contributed by atoms with Gasteiger partial charge < -0.3 is 5.32 Å². The maximum Gasteiger partial charge on any atom is 0.0570 e. The molecule has 1 heterocycles. The number of nitrogens with zero attached hydrogens (tertiary/aromatic N) is 1. The second kappa shape index (κ2) is 4.31. The minimum atomic E-state index is 0.335. The van der Waals surface area contributed by atoms with Crippen molar-refractivity contribution in [3.8, 4) is 0 Å². The highest BCUT2D eigenvalue weighted by Gasteiger charge is 2.59. The topological polar surface area (TPSA) is 24.9 Å². The van der Waals surface area contributed by atoms with E-state index in [0.29, 0.717) is 22.9 Å². The molecule has 0 aromatic carbocycles. The summed E-state index contributed by atoms with van der Waals surface area (Å²) in [5, 5.41) is 3.89. The van der Waals surface area contributed by atoms with Gasteiger partial charge in [-0.15, -0.1) is 0 Å². The molecule has 0 saturated heterocycles. The molecule has 2 bridgehead atoms. The molecule has 2 aliphatic carbocycles. The van der Waals surface area contributed by atoms with Crippen LogP contribution in [0, 0.1) is 16.7 Å². The van der Waals surface area contributed by atoms with Crippen LogP contribution in [0.5, 0.6) is 0 Å². The first kappa shape index (κ1) is 13.1. The van der Waals surface area contributed by atoms with E-state index < -0.39 is 0 Å². The van der Waals surface area contributed by atoms with E-state index in [1.54, 1.807) is 0 Å². The number of aromatic nitrogens is 1. The van der Waals surface area contributed by atoms with Crippen molar-refractivity contribution in [3.63, 3.8) is 0 Å². The fourth-order valence-electron chi connectivity index (χ4n) is 4.69. The highest BCUT2D eigenvalue weighted by atomic mass is 15.0. The molecule has 0 amide bonds. The second-order valence-corrected chi connectivity index (χ2v) is 7.49. The predicted molar refractivity (Wildman–Crippen MR) is 78.8 cm³/mol. The number of nitrogens with one attached hydrogen (secondary N) is 1. The van der Waals surface area contributed by atoms with Crippen LogP contribution in [0.4, 0.5) is 0 Å². The lowest BCUT2D eigenvalue weighted by molar-refractivity contribution is 0.0998. The van der Waals surface area contributed by atoms with Gasteiger partial charge in [0, 0.05) is 18.3 Å². The summed E-state index contributed by atoms with van der Waals surface area (Å²) in [6.45, 7) is 9.62. The van der Waals surface area contributed by atoms with E-state index in [4.69, 9.17) is 0 Å². The molecule has 19 heavy (non-hydrogen) atoms. The first-order valence-electron chi connectivity index (χ1n) is 7.60. The number of pyridine rings is 1.